The van der Waals surface area contributed by atoms with Crippen LogP contribution in [0.4, 0.5) is 4.39 Å². The number of aromatic nitrogens is 6. The van der Waals surface area contributed by atoms with Crippen molar-refractivity contribution in [2.75, 3.05) is 0 Å². The largest absolute Gasteiger partial charge is 0.501 e. The molecule has 60 heavy (non-hydrogen) atoms. The van der Waals surface area contributed by atoms with Crippen LogP contribution in [0, 0.1) is 31.7 Å². The summed E-state index contributed by atoms with van der Waals surface area (Å²) >= 11 is 0. The van der Waals surface area contributed by atoms with Crippen LogP contribution in [0.1, 0.15) is 92.2 Å². The average molecular weight is 974 g/mol. The Hall–Kier alpha value is -5.89. The third-order valence-electron chi connectivity index (χ3n) is 10.6. The summed E-state index contributed by atoms with van der Waals surface area (Å²) in [6.45, 7) is 14.8. The Balaban J connectivity index is 0.000000229. The third-order valence-corrected chi connectivity index (χ3v) is 10.6. The second kappa shape index (κ2) is 17.0. The molecule has 0 N–H and O–H groups in total. The molecule has 9 aromatic rings. The van der Waals surface area contributed by atoms with Crippen LogP contribution in [0.5, 0.6) is 0 Å². The zero-order valence-electron chi connectivity index (χ0n) is 37.8. The maximum Gasteiger partial charge on any atom is 0.210 e. The summed E-state index contributed by atoms with van der Waals surface area (Å²) in [6, 6.07) is 37.5. The molecule has 0 aliphatic heterocycles. The first kappa shape index (κ1) is 38.3. The molecule has 0 unspecified atom stereocenters. The molecule has 0 fully saturated rings. The zero-order chi connectivity index (χ0) is 44.1. The fourth-order valence-electron chi connectivity index (χ4n) is 7.46. The molecule has 305 valence electrons. The minimum Gasteiger partial charge on any atom is -0.501 e. The van der Waals surface area contributed by atoms with Crippen LogP contribution in [0.2, 0.25) is 0 Å². The number of benzene rings is 5. The van der Waals surface area contributed by atoms with Crippen molar-refractivity contribution in [3.63, 3.8) is 0 Å². The molecular weight excluding hydrogens is 924 g/mol. The van der Waals surface area contributed by atoms with Crippen LogP contribution in [0.3, 0.4) is 0 Å². The maximum absolute atomic E-state index is 14.1. The molecule has 9 rings (SSSR count). The van der Waals surface area contributed by atoms with E-state index in [0.717, 1.165) is 55.9 Å². The van der Waals surface area contributed by atoms with Crippen molar-refractivity contribution >= 4 is 33.2 Å². The average Bonchev–Trinajstić information content (AvgIpc) is 3.81. The third kappa shape index (κ3) is 8.17. The maximum atomic E-state index is 14.1. The van der Waals surface area contributed by atoms with Gasteiger partial charge in [-0.05, 0) is 63.8 Å². The number of nitrogens with zero attached hydrogens (tertiary/aromatic N) is 6. The molecule has 5 aromatic carbocycles. The Morgan fingerprint density at radius 1 is 0.800 bits per heavy atom. The second-order valence-corrected chi connectivity index (χ2v) is 16.5. The van der Waals surface area contributed by atoms with E-state index in [1.54, 1.807) is 12.3 Å². The first-order chi connectivity index (χ1) is 29.5. The molecule has 0 aliphatic carbocycles. The van der Waals surface area contributed by atoms with Crippen molar-refractivity contribution in [1.29, 1.82) is 0 Å². The smallest absolute Gasteiger partial charge is 0.210 e. The van der Waals surface area contributed by atoms with E-state index in [0.29, 0.717) is 22.8 Å². The molecule has 0 spiro atoms. The quantitative estimate of drug-likeness (QED) is 0.154. The number of pyridine rings is 1. The molecule has 7 nitrogen and oxygen atoms in total. The summed E-state index contributed by atoms with van der Waals surface area (Å²) in [6.07, 6.45) is 3.19. The van der Waals surface area contributed by atoms with E-state index in [4.69, 9.17) is 13.5 Å². The summed E-state index contributed by atoms with van der Waals surface area (Å²) in [5.74, 6) is 0.635. The van der Waals surface area contributed by atoms with E-state index in [-0.39, 0.29) is 48.5 Å². The number of imidazole rings is 1. The van der Waals surface area contributed by atoms with Crippen LogP contribution < -0.4 is 0 Å². The zero-order valence-corrected chi connectivity index (χ0v) is 37.2. The van der Waals surface area contributed by atoms with Crippen LogP contribution in [0.25, 0.3) is 72.7 Å². The number of rotatable bonds is 6. The minimum absolute atomic E-state index is 0. The normalized spacial score (nSPS) is 12.6. The van der Waals surface area contributed by atoms with Crippen molar-refractivity contribution < 1.29 is 33.0 Å². The minimum atomic E-state index is -2.33. The van der Waals surface area contributed by atoms with Gasteiger partial charge in [0, 0.05) is 47.3 Å². The Morgan fingerprint density at radius 3 is 2.22 bits per heavy atom. The fourth-order valence-corrected chi connectivity index (χ4v) is 7.46. The van der Waals surface area contributed by atoms with Crippen LogP contribution >= 0.6 is 0 Å². The molecule has 4 aromatic heterocycles. The standard InChI is InChI=1S/C35H30N5O.C16H17FN.Ir/c1-20(2)25-11-7-12-26(21(3)4)31(25)40-34(38-33-35(40)36-19-37-39-33)29-14-8-13-28-27-16-15-24(18-30(27)41-32(28)29)23-10-6-9-22(5)17-23;1-11-5-7-13(14(17)9-11)15-8-6-12(10-18-15)16(2,3)4;/h6-13,15-21H,1-5H3;5-6,8-10H,1-4H3;/q2*-1;/i;1D3;. The van der Waals surface area contributed by atoms with E-state index in [1.165, 1.54) is 29.1 Å². The predicted molar refractivity (Wildman–Crippen MR) is 236 cm³/mol. The van der Waals surface area contributed by atoms with Crippen LogP contribution in [-0.4, -0.2) is 29.7 Å². The molecule has 0 bridgehead atoms. The summed E-state index contributed by atoms with van der Waals surface area (Å²) in [4.78, 5) is 13.9. The van der Waals surface area contributed by atoms with Crippen molar-refractivity contribution in [2.45, 2.75) is 79.5 Å². The Bertz CT molecular complexity index is 3070. The molecule has 1 radical (unpaired) electrons. The van der Waals surface area contributed by atoms with Crippen molar-refractivity contribution in [3.05, 3.63) is 155 Å². The summed E-state index contributed by atoms with van der Waals surface area (Å²) in [5.41, 5.74) is 12.1. The number of hydrogen-bond donors (Lipinski definition) is 0. The molecule has 0 saturated carbocycles. The Kier molecular flexibility index (Phi) is 10.9. The number of furan rings is 1. The topological polar surface area (TPSA) is 82.5 Å². The molecule has 0 aliphatic rings. The molecule has 9 heteroatoms. The Morgan fingerprint density at radius 2 is 1.55 bits per heavy atom. The van der Waals surface area contributed by atoms with E-state index in [1.807, 2.05) is 12.1 Å². The van der Waals surface area contributed by atoms with Gasteiger partial charge >= 0.3 is 0 Å². The number of fused-ring (bicyclic) bond motifs is 4. The number of para-hydroxylation sites is 1. The van der Waals surface area contributed by atoms with Gasteiger partial charge in [0.1, 0.15) is 11.9 Å². The van der Waals surface area contributed by atoms with Crippen LogP contribution in [-0.2, 0) is 25.5 Å². The molecule has 4 heterocycles. The summed E-state index contributed by atoms with van der Waals surface area (Å²) in [5, 5.41) is 10.5. The number of aryl methyl sites for hydroxylation is 2. The molecule has 0 saturated heterocycles. The van der Waals surface area contributed by atoms with Gasteiger partial charge in [-0.3, -0.25) is 9.37 Å². The molecular formula is C51H47FIrN6O-2. The predicted octanol–water partition coefficient (Wildman–Crippen LogP) is 13.1. The van der Waals surface area contributed by atoms with Gasteiger partial charge in [0.05, 0.1) is 11.4 Å². The van der Waals surface area contributed by atoms with Crippen molar-refractivity contribution in [1.82, 2.24) is 29.7 Å². The second-order valence-electron chi connectivity index (χ2n) is 16.5. The summed E-state index contributed by atoms with van der Waals surface area (Å²) in [7, 11) is 0. The number of hydrogen-bond acceptors (Lipinski definition) is 6. The molecule has 0 amide bonds. The van der Waals surface area contributed by atoms with Crippen molar-refractivity contribution in [3.8, 4) is 39.5 Å². The van der Waals surface area contributed by atoms with Gasteiger partial charge in [-0.25, -0.2) is 4.98 Å². The van der Waals surface area contributed by atoms with Crippen molar-refractivity contribution in [2.24, 2.45) is 0 Å². The molecule has 0 atom stereocenters. The summed E-state index contributed by atoms with van der Waals surface area (Å²) < 4.78 is 44.7. The van der Waals surface area contributed by atoms with E-state index in [9.17, 15) is 4.39 Å². The first-order valence-electron chi connectivity index (χ1n) is 21.3. The van der Waals surface area contributed by atoms with Gasteiger partial charge in [0.15, 0.2) is 5.65 Å². The van der Waals surface area contributed by atoms with E-state index < -0.39 is 12.7 Å². The van der Waals surface area contributed by atoms with Gasteiger partial charge in [0.2, 0.25) is 5.65 Å². The monoisotopic (exact) mass is 974 g/mol. The number of halogens is 1. The first-order valence-corrected chi connectivity index (χ1v) is 19.8. The van der Waals surface area contributed by atoms with Crippen LogP contribution in [0.15, 0.2) is 114 Å². The van der Waals surface area contributed by atoms with Gasteiger partial charge in [-0.2, -0.15) is 0 Å². The SMILES string of the molecule is Cc1cccc(-c2ccc3c(c2)oc2c(-c4nc5nncnc5n4-c4c(C(C)C)cccc4C(C)C)[c-]ccc23)c1.[2H]C([2H])([2H])c1c[c-]c(-c2ccc(C(C)(C)C)cn2)c(F)c1.[Ir]. The van der Waals surface area contributed by atoms with E-state index >= 15 is 0 Å². The fraction of sp³-hybridized carbons (Fsp3) is 0.235. The van der Waals surface area contributed by atoms with Gasteiger partial charge < -0.3 is 14.0 Å². The van der Waals surface area contributed by atoms with Gasteiger partial charge in [-0.15, -0.1) is 52.2 Å². The Labute approximate surface area is 368 Å². The van der Waals surface area contributed by atoms with Gasteiger partial charge in [0.25, 0.3) is 0 Å². The van der Waals surface area contributed by atoms with E-state index in [2.05, 4.69) is 159 Å². The van der Waals surface area contributed by atoms with Gasteiger partial charge in [-0.1, -0.05) is 144 Å².